The lowest BCUT2D eigenvalue weighted by Crippen LogP contribution is -2.14. The Morgan fingerprint density at radius 2 is 1.97 bits per heavy atom. The Kier molecular flexibility index (Phi) is 5.55. The molecule has 0 radical (unpaired) electrons. The van der Waals surface area contributed by atoms with Crippen LogP contribution in [0.1, 0.15) is 50.7 Å². The first-order valence-electron chi connectivity index (χ1n) is 10.4. The minimum Gasteiger partial charge on any atom is -0.465 e. The summed E-state index contributed by atoms with van der Waals surface area (Å²) in [5.41, 5.74) is 1.95. The molecule has 5 rings (SSSR count). The maximum Gasteiger partial charge on any atom is 0.348 e. The Bertz CT molecular complexity index is 1440. The number of methoxy groups -OCH3 is 1. The van der Waals surface area contributed by atoms with E-state index in [1.54, 1.807) is 11.3 Å². The van der Waals surface area contributed by atoms with E-state index < -0.39 is 0 Å². The number of rotatable bonds is 4. The molecule has 1 aliphatic carbocycles. The number of hydrogen-bond donors (Lipinski definition) is 1. The Morgan fingerprint density at radius 1 is 1.19 bits per heavy atom. The average Bonchev–Trinajstić information content (AvgIpc) is 3.28. The number of nitrogens with zero attached hydrogens (tertiary/aromatic N) is 3. The van der Waals surface area contributed by atoms with E-state index in [4.69, 9.17) is 9.72 Å². The number of aromatic nitrogens is 4. The van der Waals surface area contributed by atoms with Gasteiger partial charge in [0, 0.05) is 10.3 Å². The standard InChI is InChI=1S/C22H22N4O3S3/c1-9-5-6-12-13(7-9)31-21-16(12)18(27)25-14(26-21)8-30-19-15-10(2)17(22(28)29-4)32-20(15)24-11(3)23-19/h9H,5-8H2,1-4H3,(H,25,26,27). The van der Waals surface area contributed by atoms with Gasteiger partial charge in [0.2, 0.25) is 0 Å². The highest BCUT2D eigenvalue weighted by Crippen LogP contribution is 2.38. The first kappa shape index (κ1) is 21.5. The second kappa shape index (κ2) is 8.24. The fourth-order valence-corrected chi connectivity index (χ4v) is 7.81. The minimum atomic E-state index is -0.369. The number of H-pyrrole nitrogens is 1. The van der Waals surface area contributed by atoms with Crippen LogP contribution in [0.3, 0.4) is 0 Å². The number of hydrogen-bond acceptors (Lipinski definition) is 9. The van der Waals surface area contributed by atoms with Gasteiger partial charge in [-0.05, 0) is 50.2 Å². The Balaban J connectivity index is 1.50. The molecule has 0 bridgehead atoms. The summed E-state index contributed by atoms with van der Waals surface area (Å²) in [4.78, 5) is 45.3. The molecular formula is C22H22N4O3S3. The fourth-order valence-electron chi connectivity index (χ4n) is 4.19. The monoisotopic (exact) mass is 486 g/mol. The topological polar surface area (TPSA) is 97.8 Å². The quantitative estimate of drug-likeness (QED) is 0.251. The number of thioether (sulfide) groups is 1. The van der Waals surface area contributed by atoms with Crippen molar-refractivity contribution in [1.29, 1.82) is 0 Å². The predicted octanol–water partition coefficient (Wildman–Crippen LogP) is 4.81. The molecule has 1 N–H and O–H groups in total. The fraction of sp³-hybridized carbons (Fsp3) is 0.409. The van der Waals surface area contributed by atoms with Crippen molar-refractivity contribution < 1.29 is 9.53 Å². The van der Waals surface area contributed by atoms with Gasteiger partial charge in [0.15, 0.2) is 0 Å². The van der Waals surface area contributed by atoms with Crippen molar-refractivity contribution in [1.82, 2.24) is 19.9 Å². The van der Waals surface area contributed by atoms with E-state index in [1.807, 2.05) is 13.8 Å². The van der Waals surface area contributed by atoms with Crippen LogP contribution >= 0.6 is 34.4 Å². The molecule has 32 heavy (non-hydrogen) atoms. The molecule has 4 aromatic rings. The lowest BCUT2D eigenvalue weighted by atomic mass is 9.89. The van der Waals surface area contributed by atoms with Crippen molar-refractivity contribution in [2.45, 2.75) is 50.8 Å². The van der Waals surface area contributed by atoms with Gasteiger partial charge in [-0.2, -0.15) is 0 Å². The van der Waals surface area contributed by atoms with Crippen LogP contribution in [0.2, 0.25) is 0 Å². The average molecular weight is 487 g/mol. The van der Waals surface area contributed by atoms with Gasteiger partial charge >= 0.3 is 5.97 Å². The second-order valence-electron chi connectivity index (χ2n) is 8.14. The van der Waals surface area contributed by atoms with Crippen molar-refractivity contribution >= 4 is 60.8 Å². The van der Waals surface area contributed by atoms with Crippen LogP contribution in [0, 0.1) is 19.8 Å². The third-order valence-corrected chi connectivity index (χ3v) is 9.10. The largest absolute Gasteiger partial charge is 0.465 e. The number of ether oxygens (including phenoxy) is 1. The van der Waals surface area contributed by atoms with Crippen LogP contribution in [0.5, 0.6) is 0 Å². The number of thiophene rings is 2. The number of aryl methyl sites for hydroxylation is 3. The van der Waals surface area contributed by atoms with Crippen LogP contribution in [0.25, 0.3) is 20.4 Å². The van der Waals surface area contributed by atoms with E-state index in [9.17, 15) is 9.59 Å². The molecule has 0 saturated heterocycles. The highest BCUT2D eigenvalue weighted by atomic mass is 32.2. The highest BCUT2D eigenvalue weighted by Gasteiger charge is 2.24. The van der Waals surface area contributed by atoms with Crippen molar-refractivity contribution in [3.05, 3.63) is 42.9 Å². The van der Waals surface area contributed by atoms with Gasteiger partial charge in [0.25, 0.3) is 5.56 Å². The first-order chi connectivity index (χ1) is 15.4. The van der Waals surface area contributed by atoms with Crippen LogP contribution in [-0.2, 0) is 23.3 Å². The number of aromatic amines is 1. The molecule has 0 spiro atoms. The number of carbonyl (C=O) groups is 1. The molecule has 0 fully saturated rings. The molecule has 0 aliphatic heterocycles. The number of fused-ring (bicyclic) bond motifs is 4. The van der Waals surface area contributed by atoms with Crippen LogP contribution < -0.4 is 5.56 Å². The molecule has 1 unspecified atom stereocenters. The minimum absolute atomic E-state index is 0.0543. The van der Waals surface area contributed by atoms with Crippen molar-refractivity contribution in [2.75, 3.05) is 7.11 Å². The Labute approximate surface area is 196 Å². The van der Waals surface area contributed by atoms with E-state index >= 15 is 0 Å². The van der Waals surface area contributed by atoms with Crippen LogP contribution in [-0.4, -0.2) is 33.0 Å². The second-order valence-corrected chi connectivity index (χ2v) is 11.2. The molecule has 0 saturated carbocycles. The van der Waals surface area contributed by atoms with Crippen molar-refractivity contribution in [3.63, 3.8) is 0 Å². The molecule has 4 heterocycles. The molecule has 0 amide bonds. The first-order valence-corrected chi connectivity index (χ1v) is 13.0. The summed E-state index contributed by atoms with van der Waals surface area (Å²) in [5.74, 6) is 2.01. The summed E-state index contributed by atoms with van der Waals surface area (Å²) in [6, 6.07) is 0. The third-order valence-electron chi connectivity index (χ3n) is 5.80. The van der Waals surface area contributed by atoms with Gasteiger partial charge < -0.3 is 9.72 Å². The van der Waals surface area contributed by atoms with Crippen LogP contribution in [0.4, 0.5) is 0 Å². The summed E-state index contributed by atoms with van der Waals surface area (Å²) in [5, 5.41) is 2.40. The zero-order valence-electron chi connectivity index (χ0n) is 18.2. The van der Waals surface area contributed by atoms with E-state index in [0.717, 1.165) is 50.3 Å². The zero-order valence-corrected chi connectivity index (χ0v) is 20.6. The van der Waals surface area contributed by atoms with E-state index in [1.165, 1.54) is 40.6 Å². The predicted molar refractivity (Wildman–Crippen MR) is 129 cm³/mol. The maximum absolute atomic E-state index is 12.9. The van der Waals surface area contributed by atoms with Gasteiger partial charge in [-0.1, -0.05) is 18.7 Å². The van der Waals surface area contributed by atoms with Gasteiger partial charge in [0.05, 0.1) is 18.2 Å². The SMILES string of the molecule is COC(=O)c1sc2nc(C)nc(SCc3nc4sc5c(c4c(=O)[nH]3)CCC(C)C5)c2c1C. The molecule has 166 valence electrons. The number of carbonyl (C=O) groups excluding carboxylic acids is 1. The molecule has 1 aliphatic rings. The maximum atomic E-state index is 12.9. The molecule has 7 nitrogen and oxygen atoms in total. The number of nitrogens with one attached hydrogen (secondary N) is 1. The summed E-state index contributed by atoms with van der Waals surface area (Å²) in [6.45, 7) is 5.98. The van der Waals surface area contributed by atoms with Crippen LogP contribution in [0.15, 0.2) is 9.82 Å². The van der Waals surface area contributed by atoms with E-state index in [2.05, 4.69) is 21.9 Å². The van der Waals surface area contributed by atoms with Gasteiger partial charge in [-0.15, -0.1) is 22.7 Å². The van der Waals surface area contributed by atoms with Gasteiger partial charge in [-0.3, -0.25) is 4.79 Å². The van der Waals surface area contributed by atoms with E-state index in [0.29, 0.717) is 28.2 Å². The normalized spacial score (nSPS) is 15.9. The van der Waals surface area contributed by atoms with Crippen molar-refractivity contribution in [2.24, 2.45) is 5.92 Å². The molecule has 10 heteroatoms. The highest BCUT2D eigenvalue weighted by molar-refractivity contribution is 7.98. The number of esters is 1. The molecule has 4 aromatic heterocycles. The molecular weight excluding hydrogens is 464 g/mol. The molecule has 1 atom stereocenters. The summed E-state index contributed by atoms with van der Waals surface area (Å²) < 4.78 is 4.91. The van der Waals surface area contributed by atoms with Gasteiger partial charge in [-0.25, -0.2) is 19.7 Å². The third kappa shape index (κ3) is 3.64. The van der Waals surface area contributed by atoms with E-state index in [-0.39, 0.29) is 11.5 Å². The summed E-state index contributed by atoms with van der Waals surface area (Å²) in [7, 11) is 1.37. The van der Waals surface area contributed by atoms with Crippen molar-refractivity contribution in [3.8, 4) is 0 Å². The Hall–Kier alpha value is -2.30. The van der Waals surface area contributed by atoms with Gasteiger partial charge in [0.1, 0.15) is 31.2 Å². The molecule has 0 aromatic carbocycles. The smallest absolute Gasteiger partial charge is 0.348 e. The summed E-state index contributed by atoms with van der Waals surface area (Å²) >= 11 is 4.46. The lowest BCUT2D eigenvalue weighted by Gasteiger charge is -2.17. The zero-order chi connectivity index (χ0) is 22.6. The summed E-state index contributed by atoms with van der Waals surface area (Å²) in [6.07, 6.45) is 3.10. The Morgan fingerprint density at radius 3 is 2.75 bits per heavy atom. The lowest BCUT2D eigenvalue weighted by molar-refractivity contribution is 0.0605.